The lowest BCUT2D eigenvalue weighted by atomic mass is 10.0. The second-order valence-corrected chi connectivity index (χ2v) is 7.04. The molecule has 0 aromatic heterocycles. The molecule has 0 spiro atoms. The Hall–Kier alpha value is -1.55. The van der Waals surface area contributed by atoms with Crippen LogP contribution in [0.4, 0.5) is 0 Å². The maximum Gasteiger partial charge on any atom is 0.253 e. The fourth-order valence-corrected chi connectivity index (χ4v) is 3.33. The van der Waals surface area contributed by atoms with Crippen molar-refractivity contribution in [2.24, 2.45) is 11.8 Å². The molecule has 23 heavy (non-hydrogen) atoms. The Labute approximate surface area is 142 Å². The van der Waals surface area contributed by atoms with Crippen LogP contribution in [0.3, 0.4) is 0 Å². The van der Waals surface area contributed by atoms with Gasteiger partial charge in [-0.05, 0) is 49.4 Å². The summed E-state index contributed by atoms with van der Waals surface area (Å²) in [5, 5.41) is 0.628. The van der Waals surface area contributed by atoms with Gasteiger partial charge in [-0.1, -0.05) is 18.5 Å². The third-order valence-corrected chi connectivity index (χ3v) is 5.16. The Balaban J connectivity index is 1.60. The molecular weight excluding hydrogens is 312 g/mol. The molecule has 1 aliphatic heterocycles. The maximum atomic E-state index is 12.6. The SMILES string of the molecule is CC(C(=O)N1CCCN(C(=O)c2ccc(Cl)cc2)CC1)C1CC1. The lowest BCUT2D eigenvalue weighted by Gasteiger charge is -2.24. The molecule has 2 fully saturated rings. The number of rotatable bonds is 3. The molecule has 1 aromatic carbocycles. The van der Waals surface area contributed by atoms with Gasteiger partial charge in [0.05, 0.1) is 0 Å². The number of halogens is 1. The number of amides is 2. The summed E-state index contributed by atoms with van der Waals surface area (Å²) >= 11 is 5.87. The molecule has 1 saturated carbocycles. The average Bonchev–Trinajstić information content (AvgIpc) is 3.40. The Morgan fingerprint density at radius 1 is 1.04 bits per heavy atom. The van der Waals surface area contributed by atoms with E-state index in [9.17, 15) is 9.59 Å². The van der Waals surface area contributed by atoms with Crippen molar-refractivity contribution in [3.63, 3.8) is 0 Å². The Kier molecular flexibility index (Phi) is 4.90. The number of hydrogen-bond donors (Lipinski definition) is 0. The van der Waals surface area contributed by atoms with Gasteiger partial charge < -0.3 is 9.80 Å². The largest absolute Gasteiger partial charge is 0.341 e. The van der Waals surface area contributed by atoms with E-state index in [1.807, 2.05) is 16.7 Å². The van der Waals surface area contributed by atoms with Crippen LogP contribution in [0.2, 0.25) is 5.02 Å². The van der Waals surface area contributed by atoms with Gasteiger partial charge in [0.1, 0.15) is 0 Å². The van der Waals surface area contributed by atoms with E-state index in [0.29, 0.717) is 36.1 Å². The first-order valence-corrected chi connectivity index (χ1v) is 8.77. The topological polar surface area (TPSA) is 40.6 Å². The molecule has 4 nitrogen and oxygen atoms in total. The number of benzene rings is 1. The van der Waals surface area contributed by atoms with Crippen molar-refractivity contribution in [2.75, 3.05) is 26.2 Å². The minimum atomic E-state index is 0.0196. The first-order chi connectivity index (χ1) is 11.1. The van der Waals surface area contributed by atoms with Gasteiger partial charge in [-0.15, -0.1) is 0 Å². The zero-order valence-corrected chi connectivity index (χ0v) is 14.3. The zero-order valence-electron chi connectivity index (χ0n) is 13.5. The highest BCUT2D eigenvalue weighted by Crippen LogP contribution is 2.37. The van der Waals surface area contributed by atoms with Crippen LogP contribution in [-0.4, -0.2) is 47.8 Å². The predicted octanol–water partition coefficient (Wildman–Crippen LogP) is 3.06. The standard InChI is InChI=1S/C18H23ClN2O2/c1-13(14-3-4-14)17(22)20-9-2-10-21(12-11-20)18(23)15-5-7-16(19)8-6-15/h5-8,13-14H,2-4,9-12H2,1H3. The molecule has 1 aromatic rings. The highest BCUT2D eigenvalue weighted by molar-refractivity contribution is 6.30. The molecule has 5 heteroatoms. The highest BCUT2D eigenvalue weighted by Gasteiger charge is 2.35. The van der Waals surface area contributed by atoms with Gasteiger partial charge >= 0.3 is 0 Å². The van der Waals surface area contributed by atoms with E-state index in [1.54, 1.807) is 24.3 Å². The van der Waals surface area contributed by atoms with Crippen LogP contribution < -0.4 is 0 Å². The van der Waals surface area contributed by atoms with E-state index in [0.717, 1.165) is 13.0 Å². The Morgan fingerprint density at radius 3 is 2.30 bits per heavy atom. The zero-order chi connectivity index (χ0) is 16.4. The second kappa shape index (κ2) is 6.91. The number of hydrogen-bond acceptors (Lipinski definition) is 2. The lowest BCUT2D eigenvalue weighted by molar-refractivity contribution is -0.135. The Morgan fingerprint density at radius 2 is 1.65 bits per heavy atom. The van der Waals surface area contributed by atoms with Gasteiger partial charge in [-0.2, -0.15) is 0 Å². The van der Waals surface area contributed by atoms with Crippen LogP contribution in [0.1, 0.15) is 36.5 Å². The summed E-state index contributed by atoms with van der Waals surface area (Å²) in [6, 6.07) is 6.99. The van der Waals surface area contributed by atoms with Gasteiger partial charge in [0.25, 0.3) is 5.91 Å². The monoisotopic (exact) mass is 334 g/mol. The predicted molar refractivity (Wildman–Crippen MR) is 90.4 cm³/mol. The third-order valence-electron chi connectivity index (χ3n) is 4.90. The number of carbonyl (C=O) groups is 2. The molecule has 1 saturated heterocycles. The highest BCUT2D eigenvalue weighted by atomic mass is 35.5. The second-order valence-electron chi connectivity index (χ2n) is 6.60. The third kappa shape index (κ3) is 3.86. The van der Waals surface area contributed by atoms with Crippen LogP contribution in [-0.2, 0) is 4.79 Å². The van der Waals surface area contributed by atoms with Crippen molar-refractivity contribution in [3.05, 3.63) is 34.9 Å². The molecule has 1 aliphatic carbocycles. The first kappa shape index (κ1) is 16.3. The molecule has 1 heterocycles. The van der Waals surface area contributed by atoms with Gasteiger partial charge in [0, 0.05) is 42.7 Å². The maximum absolute atomic E-state index is 12.6. The number of carbonyl (C=O) groups excluding carboxylic acids is 2. The quantitative estimate of drug-likeness (QED) is 0.852. The summed E-state index contributed by atoms with van der Waals surface area (Å²) in [7, 11) is 0. The molecule has 0 radical (unpaired) electrons. The van der Waals surface area contributed by atoms with E-state index in [4.69, 9.17) is 11.6 Å². The molecule has 3 rings (SSSR count). The van der Waals surface area contributed by atoms with E-state index in [1.165, 1.54) is 12.8 Å². The van der Waals surface area contributed by atoms with Crippen LogP contribution in [0.5, 0.6) is 0 Å². The van der Waals surface area contributed by atoms with Crippen LogP contribution in [0.25, 0.3) is 0 Å². The van der Waals surface area contributed by atoms with E-state index in [2.05, 4.69) is 0 Å². The normalized spacial score (nSPS) is 20.1. The van der Waals surface area contributed by atoms with E-state index in [-0.39, 0.29) is 17.7 Å². The van der Waals surface area contributed by atoms with Crippen molar-refractivity contribution in [2.45, 2.75) is 26.2 Å². The molecule has 0 bridgehead atoms. The molecule has 2 amide bonds. The summed E-state index contributed by atoms with van der Waals surface area (Å²) in [5.41, 5.74) is 0.653. The van der Waals surface area contributed by atoms with Crippen molar-refractivity contribution >= 4 is 23.4 Å². The summed E-state index contributed by atoms with van der Waals surface area (Å²) in [5.74, 6) is 0.991. The van der Waals surface area contributed by atoms with Crippen molar-refractivity contribution in [1.29, 1.82) is 0 Å². The van der Waals surface area contributed by atoms with Gasteiger partial charge in [-0.25, -0.2) is 0 Å². The van der Waals surface area contributed by atoms with E-state index < -0.39 is 0 Å². The fraction of sp³-hybridized carbons (Fsp3) is 0.556. The van der Waals surface area contributed by atoms with Crippen molar-refractivity contribution < 1.29 is 9.59 Å². The smallest absolute Gasteiger partial charge is 0.253 e. The summed E-state index contributed by atoms with van der Waals surface area (Å²) in [4.78, 5) is 28.9. The summed E-state index contributed by atoms with van der Waals surface area (Å²) in [6.45, 7) is 4.73. The van der Waals surface area contributed by atoms with Gasteiger partial charge in [-0.3, -0.25) is 9.59 Å². The van der Waals surface area contributed by atoms with Crippen LogP contribution in [0, 0.1) is 11.8 Å². The van der Waals surface area contributed by atoms with Crippen LogP contribution >= 0.6 is 11.6 Å². The van der Waals surface area contributed by atoms with Gasteiger partial charge in [0.15, 0.2) is 0 Å². The first-order valence-electron chi connectivity index (χ1n) is 8.40. The molecule has 124 valence electrons. The minimum Gasteiger partial charge on any atom is -0.341 e. The minimum absolute atomic E-state index is 0.0196. The van der Waals surface area contributed by atoms with Gasteiger partial charge in [0.2, 0.25) is 5.91 Å². The van der Waals surface area contributed by atoms with Crippen LogP contribution in [0.15, 0.2) is 24.3 Å². The fourth-order valence-electron chi connectivity index (χ4n) is 3.20. The molecular formula is C18H23ClN2O2. The summed E-state index contributed by atoms with van der Waals surface area (Å²) in [6.07, 6.45) is 3.20. The molecule has 0 N–H and O–H groups in total. The van der Waals surface area contributed by atoms with Crippen molar-refractivity contribution in [1.82, 2.24) is 9.80 Å². The lowest BCUT2D eigenvalue weighted by Crippen LogP contribution is -2.39. The number of nitrogens with zero attached hydrogens (tertiary/aromatic N) is 2. The average molecular weight is 335 g/mol. The molecule has 1 unspecified atom stereocenters. The molecule has 1 atom stereocenters. The van der Waals surface area contributed by atoms with Crippen molar-refractivity contribution in [3.8, 4) is 0 Å². The summed E-state index contributed by atoms with van der Waals surface area (Å²) < 4.78 is 0. The Bertz CT molecular complexity index is 583. The van der Waals surface area contributed by atoms with E-state index >= 15 is 0 Å². The molecule has 2 aliphatic rings.